The van der Waals surface area contributed by atoms with Crippen LogP contribution in [0.4, 0.5) is 14.5 Å². The van der Waals surface area contributed by atoms with E-state index in [2.05, 4.69) is 38.8 Å². The van der Waals surface area contributed by atoms with E-state index in [1.54, 1.807) is 22.7 Å². The third-order valence-electron chi connectivity index (χ3n) is 2.92. The van der Waals surface area contributed by atoms with Crippen LogP contribution >= 0.6 is 38.6 Å². The van der Waals surface area contributed by atoms with Crippen LogP contribution < -0.4 is 5.32 Å². The molecule has 108 valence electrons. The van der Waals surface area contributed by atoms with Crippen molar-refractivity contribution in [3.63, 3.8) is 0 Å². The van der Waals surface area contributed by atoms with Gasteiger partial charge in [-0.15, -0.1) is 22.7 Å². The minimum atomic E-state index is -0.603. The van der Waals surface area contributed by atoms with Crippen molar-refractivity contribution in [1.82, 2.24) is 0 Å². The van der Waals surface area contributed by atoms with Gasteiger partial charge < -0.3 is 5.32 Å². The molecule has 0 aliphatic rings. The summed E-state index contributed by atoms with van der Waals surface area (Å²) in [6.07, 6.45) is 0. The molecule has 1 nitrogen and oxygen atoms in total. The van der Waals surface area contributed by atoms with Gasteiger partial charge in [0.15, 0.2) is 0 Å². The highest BCUT2D eigenvalue weighted by Crippen LogP contribution is 2.30. The van der Waals surface area contributed by atoms with Crippen molar-refractivity contribution < 1.29 is 8.78 Å². The molecule has 0 saturated heterocycles. The lowest BCUT2D eigenvalue weighted by atomic mass is 10.2. The first kappa shape index (κ1) is 14.7. The van der Waals surface area contributed by atoms with Crippen LogP contribution in [0.15, 0.2) is 45.6 Å². The van der Waals surface area contributed by atoms with Gasteiger partial charge in [0.25, 0.3) is 0 Å². The van der Waals surface area contributed by atoms with Gasteiger partial charge in [0.05, 0.1) is 10.2 Å². The van der Waals surface area contributed by atoms with Crippen molar-refractivity contribution in [3.05, 3.63) is 62.1 Å². The van der Waals surface area contributed by atoms with E-state index in [9.17, 15) is 8.78 Å². The molecule has 2 aromatic heterocycles. The predicted molar refractivity (Wildman–Crippen MR) is 89.0 cm³/mol. The molecule has 0 saturated carbocycles. The van der Waals surface area contributed by atoms with Gasteiger partial charge in [0.1, 0.15) is 11.6 Å². The summed E-state index contributed by atoms with van der Waals surface area (Å²) in [7, 11) is 0. The molecule has 0 aliphatic carbocycles. The Balaban J connectivity index is 1.72. The second kappa shape index (κ2) is 6.25. The zero-order valence-corrected chi connectivity index (χ0v) is 13.9. The molecule has 3 rings (SSSR count). The Hall–Kier alpha value is -1.24. The van der Waals surface area contributed by atoms with E-state index in [1.807, 2.05) is 11.4 Å². The largest absolute Gasteiger partial charge is 0.378 e. The van der Waals surface area contributed by atoms with E-state index in [1.165, 1.54) is 16.5 Å². The summed E-state index contributed by atoms with van der Waals surface area (Å²) < 4.78 is 27.1. The van der Waals surface area contributed by atoms with Crippen LogP contribution in [0, 0.1) is 11.6 Å². The summed E-state index contributed by atoms with van der Waals surface area (Å²) in [5.74, 6) is -1.19. The molecule has 0 amide bonds. The Labute approximate surface area is 137 Å². The van der Waals surface area contributed by atoms with Crippen molar-refractivity contribution in [3.8, 4) is 10.4 Å². The van der Waals surface area contributed by atoms with Crippen molar-refractivity contribution in [1.29, 1.82) is 0 Å². The lowest BCUT2D eigenvalue weighted by Crippen LogP contribution is -2.00. The van der Waals surface area contributed by atoms with E-state index < -0.39 is 11.6 Å². The molecule has 3 aromatic rings. The lowest BCUT2D eigenvalue weighted by molar-refractivity contribution is 0.580. The molecule has 0 spiro atoms. The van der Waals surface area contributed by atoms with E-state index in [4.69, 9.17) is 0 Å². The fourth-order valence-corrected chi connectivity index (χ4v) is 3.84. The molecule has 2 heterocycles. The fourth-order valence-electron chi connectivity index (χ4n) is 1.89. The highest BCUT2D eigenvalue weighted by Gasteiger charge is 2.09. The molecule has 0 fully saturated rings. The number of nitrogens with one attached hydrogen (secondary N) is 1. The topological polar surface area (TPSA) is 12.0 Å². The standard InChI is InChI=1S/C15H10BrF2NS2/c16-11-5-14(13(18)6-12(11)17)19-7-10-4-9(8-21-10)15-2-1-3-20-15/h1-6,8,19H,7H2. The van der Waals surface area contributed by atoms with Crippen molar-refractivity contribution in [2.45, 2.75) is 6.54 Å². The van der Waals surface area contributed by atoms with Gasteiger partial charge in [-0.05, 0) is 44.9 Å². The maximum atomic E-state index is 13.6. The van der Waals surface area contributed by atoms with Crippen LogP contribution in [0.5, 0.6) is 0 Å². The molecule has 0 bridgehead atoms. The number of rotatable bonds is 4. The van der Waals surface area contributed by atoms with E-state index in [0.717, 1.165) is 10.9 Å². The molecule has 1 aromatic carbocycles. The average molecular weight is 386 g/mol. The van der Waals surface area contributed by atoms with Crippen molar-refractivity contribution in [2.75, 3.05) is 5.32 Å². The van der Waals surface area contributed by atoms with Gasteiger partial charge in [-0.3, -0.25) is 0 Å². The number of benzene rings is 1. The van der Waals surface area contributed by atoms with E-state index in [0.29, 0.717) is 6.54 Å². The maximum absolute atomic E-state index is 13.6. The summed E-state index contributed by atoms with van der Waals surface area (Å²) in [6.45, 7) is 0.505. The number of halogens is 3. The number of hydrogen-bond donors (Lipinski definition) is 1. The smallest absolute Gasteiger partial charge is 0.149 e. The molecule has 0 radical (unpaired) electrons. The number of anilines is 1. The highest BCUT2D eigenvalue weighted by atomic mass is 79.9. The summed E-state index contributed by atoms with van der Waals surface area (Å²) in [5, 5.41) is 7.12. The quantitative estimate of drug-likeness (QED) is 0.532. The Kier molecular flexibility index (Phi) is 4.37. The Bertz CT molecular complexity index is 753. The number of hydrogen-bond acceptors (Lipinski definition) is 3. The predicted octanol–water partition coefficient (Wildman–Crippen LogP) is 6.13. The second-order valence-electron chi connectivity index (χ2n) is 4.38. The first-order valence-electron chi connectivity index (χ1n) is 6.13. The fraction of sp³-hybridized carbons (Fsp3) is 0.0667. The first-order valence-corrected chi connectivity index (χ1v) is 8.68. The molecular weight excluding hydrogens is 376 g/mol. The van der Waals surface area contributed by atoms with Gasteiger partial charge in [0, 0.05) is 27.9 Å². The summed E-state index contributed by atoms with van der Waals surface area (Å²) in [6, 6.07) is 8.46. The minimum absolute atomic E-state index is 0.247. The summed E-state index contributed by atoms with van der Waals surface area (Å²) in [5.41, 5.74) is 1.46. The van der Waals surface area contributed by atoms with Crippen LogP contribution in [0.1, 0.15) is 4.88 Å². The van der Waals surface area contributed by atoms with E-state index in [-0.39, 0.29) is 10.2 Å². The minimum Gasteiger partial charge on any atom is -0.378 e. The van der Waals surface area contributed by atoms with Crippen LogP contribution in [-0.4, -0.2) is 0 Å². The first-order chi connectivity index (χ1) is 10.1. The van der Waals surface area contributed by atoms with Crippen LogP contribution in [0.25, 0.3) is 10.4 Å². The Morgan fingerprint density at radius 2 is 1.95 bits per heavy atom. The van der Waals surface area contributed by atoms with Crippen LogP contribution in [-0.2, 0) is 6.54 Å². The van der Waals surface area contributed by atoms with Crippen LogP contribution in [0.2, 0.25) is 0 Å². The second-order valence-corrected chi connectivity index (χ2v) is 7.18. The number of thiophene rings is 2. The van der Waals surface area contributed by atoms with Gasteiger partial charge in [-0.2, -0.15) is 0 Å². The average Bonchev–Trinajstić information content (AvgIpc) is 3.11. The maximum Gasteiger partial charge on any atom is 0.149 e. The van der Waals surface area contributed by atoms with Crippen LogP contribution in [0.3, 0.4) is 0 Å². The summed E-state index contributed by atoms with van der Waals surface area (Å²) >= 11 is 6.36. The third kappa shape index (κ3) is 3.33. The molecule has 0 atom stereocenters. The van der Waals surface area contributed by atoms with Crippen molar-refractivity contribution >= 4 is 44.3 Å². The van der Waals surface area contributed by atoms with Gasteiger partial charge >= 0.3 is 0 Å². The highest BCUT2D eigenvalue weighted by molar-refractivity contribution is 9.10. The molecule has 0 unspecified atom stereocenters. The zero-order chi connectivity index (χ0) is 14.8. The monoisotopic (exact) mass is 385 g/mol. The Morgan fingerprint density at radius 3 is 2.71 bits per heavy atom. The molecule has 21 heavy (non-hydrogen) atoms. The van der Waals surface area contributed by atoms with Gasteiger partial charge in [0.2, 0.25) is 0 Å². The lowest BCUT2D eigenvalue weighted by Gasteiger charge is -2.07. The molecule has 0 aliphatic heterocycles. The van der Waals surface area contributed by atoms with Gasteiger partial charge in [-0.1, -0.05) is 6.07 Å². The van der Waals surface area contributed by atoms with E-state index >= 15 is 0 Å². The zero-order valence-electron chi connectivity index (χ0n) is 10.7. The Morgan fingerprint density at radius 1 is 1.10 bits per heavy atom. The van der Waals surface area contributed by atoms with Gasteiger partial charge in [-0.25, -0.2) is 8.78 Å². The normalized spacial score (nSPS) is 10.8. The SMILES string of the molecule is Fc1cc(F)c(NCc2cc(-c3cccs3)cs2)cc1Br. The van der Waals surface area contributed by atoms with Crippen molar-refractivity contribution in [2.24, 2.45) is 0 Å². The molecular formula is C15H10BrF2NS2. The molecule has 1 N–H and O–H groups in total. The third-order valence-corrected chi connectivity index (χ3v) is 5.39. The summed E-state index contributed by atoms with van der Waals surface area (Å²) in [4.78, 5) is 2.31. The molecule has 6 heteroatoms.